The third kappa shape index (κ3) is 5.76. The van der Waals surface area contributed by atoms with Gasteiger partial charge in [-0.3, -0.25) is 4.79 Å². The normalized spacial score (nSPS) is 11.5. The molecule has 1 unspecified atom stereocenters. The second-order valence-electron chi connectivity index (χ2n) is 8.06. The monoisotopic (exact) mass is 470 g/mol. The minimum absolute atomic E-state index is 0.312. The number of benzene rings is 3. The Kier molecular flexibility index (Phi) is 7.26. The number of amides is 1. The van der Waals surface area contributed by atoms with E-state index in [0.717, 1.165) is 22.4 Å². The molecule has 7 nitrogen and oxygen atoms in total. The first kappa shape index (κ1) is 23.8. The van der Waals surface area contributed by atoms with Gasteiger partial charge >= 0.3 is 5.97 Å². The molecule has 0 aliphatic carbocycles. The smallest absolute Gasteiger partial charge is 0.338 e. The molecular formula is C28H26N2O5. The molecule has 1 atom stereocenters. The third-order valence-corrected chi connectivity index (χ3v) is 5.58. The predicted octanol–water partition coefficient (Wildman–Crippen LogP) is 5.72. The fourth-order valence-electron chi connectivity index (χ4n) is 3.53. The van der Waals surface area contributed by atoms with E-state index in [1.54, 1.807) is 31.2 Å². The lowest BCUT2D eigenvalue weighted by Crippen LogP contribution is -2.30. The number of hydrogen-bond donors (Lipinski definition) is 1. The molecule has 3 aromatic carbocycles. The lowest BCUT2D eigenvalue weighted by atomic mass is 10.0. The maximum absolute atomic E-state index is 12.7. The summed E-state index contributed by atoms with van der Waals surface area (Å²) in [5.74, 6) is 0.286. The molecule has 0 aliphatic rings. The molecule has 1 N–H and O–H groups in total. The molecule has 1 aromatic heterocycles. The summed E-state index contributed by atoms with van der Waals surface area (Å²) < 4.78 is 16.3. The summed E-state index contributed by atoms with van der Waals surface area (Å²) in [7, 11) is 0. The minimum atomic E-state index is -0.984. The second kappa shape index (κ2) is 10.7. The zero-order valence-corrected chi connectivity index (χ0v) is 19.8. The molecular weight excluding hydrogens is 444 g/mol. The molecule has 4 aromatic rings. The van der Waals surface area contributed by atoms with E-state index in [0.29, 0.717) is 29.4 Å². The van der Waals surface area contributed by atoms with Gasteiger partial charge in [0.1, 0.15) is 18.1 Å². The molecule has 4 rings (SSSR count). The average Bonchev–Trinajstić information content (AvgIpc) is 3.20. The Labute approximate surface area is 203 Å². The quantitative estimate of drug-likeness (QED) is 0.331. The van der Waals surface area contributed by atoms with Crippen LogP contribution in [0.1, 0.15) is 34.3 Å². The number of ether oxygens (including phenoxy) is 2. The van der Waals surface area contributed by atoms with Crippen LogP contribution < -0.4 is 10.1 Å². The van der Waals surface area contributed by atoms with Crippen molar-refractivity contribution in [2.24, 2.45) is 0 Å². The van der Waals surface area contributed by atoms with Crippen LogP contribution in [0.15, 0.2) is 83.4 Å². The van der Waals surface area contributed by atoms with Crippen molar-refractivity contribution in [3.05, 3.63) is 101 Å². The molecule has 1 heterocycles. The van der Waals surface area contributed by atoms with Gasteiger partial charge in [0.25, 0.3) is 5.91 Å². The largest absolute Gasteiger partial charge is 0.489 e. The first-order valence-corrected chi connectivity index (χ1v) is 11.2. The van der Waals surface area contributed by atoms with Gasteiger partial charge in [-0.2, -0.15) is 0 Å². The van der Waals surface area contributed by atoms with Crippen LogP contribution in [0, 0.1) is 13.8 Å². The van der Waals surface area contributed by atoms with Crippen molar-refractivity contribution in [1.29, 1.82) is 0 Å². The summed E-state index contributed by atoms with van der Waals surface area (Å²) >= 11 is 0. The fourth-order valence-corrected chi connectivity index (χ4v) is 3.53. The summed E-state index contributed by atoms with van der Waals surface area (Å²) in [4.78, 5) is 25.3. The van der Waals surface area contributed by atoms with Crippen molar-refractivity contribution in [2.75, 3.05) is 5.32 Å². The number of hydrogen-bond acceptors (Lipinski definition) is 6. The van der Waals surface area contributed by atoms with Gasteiger partial charge in [0, 0.05) is 11.3 Å². The zero-order valence-electron chi connectivity index (χ0n) is 19.8. The number of aromatic nitrogens is 1. The van der Waals surface area contributed by atoms with Gasteiger partial charge in [-0.15, -0.1) is 0 Å². The van der Waals surface area contributed by atoms with Crippen LogP contribution in [0.3, 0.4) is 0 Å². The number of anilines is 1. The second-order valence-corrected chi connectivity index (χ2v) is 8.06. The Morgan fingerprint density at radius 3 is 2.31 bits per heavy atom. The molecule has 0 aliphatic heterocycles. The molecule has 0 radical (unpaired) electrons. The molecule has 0 spiro atoms. The summed E-state index contributed by atoms with van der Waals surface area (Å²) in [6.45, 7) is 5.54. The average molecular weight is 471 g/mol. The number of para-hydroxylation sites is 1. The van der Waals surface area contributed by atoms with Crippen LogP contribution in [0.25, 0.3) is 11.1 Å². The Morgan fingerprint density at radius 2 is 1.63 bits per heavy atom. The number of rotatable bonds is 8. The van der Waals surface area contributed by atoms with Crippen LogP contribution in [-0.2, 0) is 16.1 Å². The van der Waals surface area contributed by atoms with Crippen LogP contribution in [0.5, 0.6) is 5.75 Å². The highest BCUT2D eigenvalue weighted by atomic mass is 16.5. The van der Waals surface area contributed by atoms with Crippen LogP contribution in [0.4, 0.5) is 5.69 Å². The van der Waals surface area contributed by atoms with Crippen LogP contribution >= 0.6 is 0 Å². The van der Waals surface area contributed by atoms with Crippen molar-refractivity contribution in [3.63, 3.8) is 0 Å². The summed E-state index contributed by atoms with van der Waals surface area (Å²) in [6.07, 6.45) is -0.984. The van der Waals surface area contributed by atoms with Gasteiger partial charge in [-0.25, -0.2) is 4.79 Å². The minimum Gasteiger partial charge on any atom is -0.489 e. The summed E-state index contributed by atoms with van der Waals surface area (Å²) in [6, 6.07) is 23.8. The maximum Gasteiger partial charge on any atom is 0.338 e. The molecule has 178 valence electrons. The van der Waals surface area contributed by atoms with E-state index in [4.69, 9.17) is 14.0 Å². The van der Waals surface area contributed by atoms with E-state index in [-0.39, 0.29) is 0 Å². The fraction of sp³-hybridized carbons (Fsp3) is 0.179. The maximum atomic E-state index is 12.7. The van der Waals surface area contributed by atoms with Crippen molar-refractivity contribution < 1.29 is 23.6 Å². The number of carbonyl (C=O) groups excluding carboxylic acids is 2. The lowest BCUT2D eigenvalue weighted by molar-refractivity contribution is -0.123. The molecule has 0 bridgehead atoms. The summed E-state index contributed by atoms with van der Waals surface area (Å²) in [5.41, 5.74) is 4.49. The number of aryl methyl sites for hydroxylation is 2. The van der Waals surface area contributed by atoms with E-state index in [1.807, 2.05) is 68.4 Å². The molecule has 0 saturated carbocycles. The van der Waals surface area contributed by atoms with Crippen LogP contribution in [0.2, 0.25) is 0 Å². The van der Waals surface area contributed by atoms with E-state index in [9.17, 15) is 9.59 Å². The Bertz CT molecular complexity index is 1290. The van der Waals surface area contributed by atoms with Crippen molar-refractivity contribution in [3.8, 4) is 16.9 Å². The number of nitrogens with zero attached hydrogens (tertiary/aromatic N) is 1. The first-order chi connectivity index (χ1) is 16.9. The molecule has 35 heavy (non-hydrogen) atoms. The molecule has 0 fully saturated rings. The van der Waals surface area contributed by atoms with E-state index in [1.165, 1.54) is 0 Å². The highest BCUT2D eigenvalue weighted by Crippen LogP contribution is 2.27. The summed E-state index contributed by atoms with van der Waals surface area (Å²) in [5, 5.41) is 6.77. The van der Waals surface area contributed by atoms with Gasteiger partial charge in [0.2, 0.25) is 0 Å². The standard InChI is InChI=1S/C28H26N2O5/c1-18-25(19(2)35-30-18)17-33-23-15-13-22(14-16-23)28(32)34-20(3)27(31)29-26-12-8-7-11-24(26)21-9-5-4-6-10-21/h4-16,20H,17H2,1-3H3,(H,29,31). The topological polar surface area (TPSA) is 90.7 Å². The third-order valence-electron chi connectivity index (χ3n) is 5.58. The van der Waals surface area contributed by atoms with Gasteiger partial charge in [-0.05, 0) is 56.7 Å². The highest BCUT2D eigenvalue weighted by molar-refractivity contribution is 5.99. The van der Waals surface area contributed by atoms with E-state index >= 15 is 0 Å². The number of nitrogens with one attached hydrogen (secondary N) is 1. The molecule has 1 amide bonds. The van der Waals surface area contributed by atoms with E-state index in [2.05, 4.69) is 10.5 Å². The van der Waals surface area contributed by atoms with Gasteiger partial charge in [0.05, 0.1) is 16.8 Å². The molecule has 0 saturated heterocycles. The predicted molar refractivity (Wildman–Crippen MR) is 132 cm³/mol. The van der Waals surface area contributed by atoms with Crippen molar-refractivity contribution >= 4 is 17.6 Å². The zero-order chi connectivity index (χ0) is 24.8. The van der Waals surface area contributed by atoms with Crippen molar-refractivity contribution in [2.45, 2.75) is 33.5 Å². The highest BCUT2D eigenvalue weighted by Gasteiger charge is 2.20. The SMILES string of the molecule is Cc1noc(C)c1COc1ccc(C(=O)OC(C)C(=O)Nc2ccccc2-c2ccccc2)cc1. The van der Waals surface area contributed by atoms with Gasteiger partial charge in [-0.1, -0.05) is 53.7 Å². The number of esters is 1. The Morgan fingerprint density at radius 1 is 0.943 bits per heavy atom. The lowest BCUT2D eigenvalue weighted by Gasteiger charge is -2.16. The first-order valence-electron chi connectivity index (χ1n) is 11.2. The number of carbonyl (C=O) groups is 2. The molecule has 7 heteroatoms. The van der Waals surface area contributed by atoms with E-state index < -0.39 is 18.0 Å². The van der Waals surface area contributed by atoms with Crippen LogP contribution in [-0.4, -0.2) is 23.1 Å². The van der Waals surface area contributed by atoms with Gasteiger partial charge < -0.3 is 19.3 Å². The Balaban J connectivity index is 1.35. The van der Waals surface area contributed by atoms with Gasteiger partial charge in [0.15, 0.2) is 6.10 Å². The van der Waals surface area contributed by atoms with Crippen molar-refractivity contribution in [1.82, 2.24) is 5.16 Å². The Hall–Kier alpha value is -4.39.